The molecule has 3 nitrogen and oxygen atoms in total. The summed E-state index contributed by atoms with van der Waals surface area (Å²) in [6.07, 6.45) is 0. The molecule has 0 radical (unpaired) electrons. The second-order valence-electron chi connectivity index (χ2n) is 4.78. The fraction of sp³-hybridized carbons (Fsp3) is 0.333. The molecule has 2 rings (SSSR count). The van der Waals surface area contributed by atoms with Gasteiger partial charge in [0, 0.05) is 5.56 Å². The third kappa shape index (κ3) is 3.05. The van der Waals surface area contributed by atoms with E-state index in [1.54, 1.807) is 19.9 Å². The minimum absolute atomic E-state index is 0.0475. The van der Waals surface area contributed by atoms with Crippen molar-refractivity contribution in [3.63, 3.8) is 0 Å². The molecule has 21 heavy (non-hydrogen) atoms. The Bertz CT molecular complexity index is 659. The Kier molecular flexibility index (Phi) is 4.57. The summed E-state index contributed by atoms with van der Waals surface area (Å²) >= 11 is 0. The predicted molar refractivity (Wildman–Crippen MR) is 73.3 cm³/mol. The lowest BCUT2D eigenvalue weighted by Crippen LogP contribution is -2.25. The molecule has 0 bridgehead atoms. The largest absolute Gasteiger partial charge is 0.306 e. The predicted octanol–water partition coefficient (Wildman–Crippen LogP) is 3.21. The minimum atomic E-state index is -1.47. The molecule has 0 spiro atoms. The van der Waals surface area contributed by atoms with Crippen LogP contribution in [0.4, 0.5) is 13.2 Å². The summed E-state index contributed by atoms with van der Waals surface area (Å²) in [6.45, 7) is 5.88. The fourth-order valence-corrected chi connectivity index (χ4v) is 2.22. The van der Waals surface area contributed by atoms with Crippen LogP contribution in [0.2, 0.25) is 0 Å². The topological polar surface area (TPSA) is 37.8 Å². The number of nitrogens with zero attached hydrogens (tertiary/aromatic N) is 2. The maximum atomic E-state index is 14.1. The molecule has 6 heteroatoms. The summed E-state index contributed by atoms with van der Waals surface area (Å²) in [5.41, 5.74) is 2.01. The van der Waals surface area contributed by atoms with Crippen LogP contribution < -0.4 is 5.32 Å². The number of aromatic nitrogens is 2. The average molecular weight is 295 g/mol. The van der Waals surface area contributed by atoms with Crippen molar-refractivity contribution in [2.75, 3.05) is 6.54 Å². The van der Waals surface area contributed by atoms with Gasteiger partial charge in [-0.05, 0) is 38.1 Å². The number of rotatable bonds is 4. The molecule has 1 aromatic carbocycles. The molecular formula is C15H16F3N3. The van der Waals surface area contributed by atoms with Crippen LogP contribution in [0.5, 0.6) is 0 Å². The van der Waals surface area contributed by atoms with Crippen molar-refractivity contribution >= 4 is 0 Å². The monoisotopic (exact) mass is 295 g/mol. The number of aryl methyl sites for hydroxylation is 2. The molecule has 112 valence electrons. The molecular weight excluding hydrogens is 279 g/mol. The number of halogens is 3. The average Bonchev–Trinajstić information content (AvgIpc) is 2.46. The van der Waals surface area contributed by atoms with Crippen LogP contribution in [-0.2, 0) is 0 Å². The second-order valence-corrected chi connectivity index (χ2v) is 4.78. The normalized spacial score (nSPS) is 12.5. The quantitative estimate of drug-likeness (QED) is 0.880. The van der Waals surface area contributed by atoms with Gasteiger partial charge in [0.1, 0.15) is 0 Å². The van der Waals surface area contributed by atoms with E-state index in [4.69, 9.17) is 0 Å². The number of hydrogen-bond acceptors (Lipinski definition) is 3. The van der Waals surface area contributed by atoms with Crippen LogP contribution in [0.3, 0.4) is 0 Å². The van der Waals surface area contributed by atoms with E-state index in [0.29, 0.717) is 23.5 Å². The molecule has 1 unspecified atom stereocenters. The maximum absolute atomic E-state index is 14.1. The van der Waals surface area contributed by atoms with Crippen molar-refractivity contribution in [2.45, 2.75) is 26.8 Å². The highest BCUT2D eigenvalue weighted by molar-refractivity contribution is 5.35. The Labute approximate surface area is 121 Å². The number of benzene rings is 1. The van der Waals surface area contributed by atoms with Gasteiger partial charge in [-0.15, -0.1) is 0 Å². The van der Waals surface area contributed by atoms with Gasteiger partial charge in [-0.2, -0.15) is 10.2 Å². The van der Waals surface area contributed by atoms with Gasteiger partial charge in [0.05, 0.1) is 17.4 Å². The van der Waals surface area contributed by atoms with Crippen LogP contribution in [0.25, 0.3) is 0 Å². The van der Waals surface area contributed by atoms with Crippen molar-refractivity contribution < 1.29 is 13.2 Å². The van der Waals surface area contributed by atoms with Crippen molar-refractivity contribution in [1.82, 2.24) is 15.5 Å². The zero-order valence-corrected chi connectivity index (χ0v) is 12.0. The van der Waals surface area contributed by atoms with Crippen molar-refractivity contribution in [2.24, 2.45) is 0 Å². The van der Waals surface area contributed by atoms with E-state index in [2.05, 4.69) is 15.5 Å². The van der Waals surface area contributed by atoms with Crippen molar-refractivity contribution in [3.05, 3.63) is 58.2 Å². The van der Waals surface area contributed by atoms with E-state index < -0.39 is 23.5 Å². The van der Waals surface area contributed by atoms with Crippen LogP contribution in [0, 0.1) is 31.3 Å². The SMILES string of the molecule is CCNC(c1cc(C)nnc1C)c1ccc(F)c(F)c1F. The third-order valence-electron chi connectivity index (χ3n) is 3.24. The van der Waals surface area contributed by atoms with E-state index in [1.165, 1.54) is 6.07 Å². The maximum Gasteiger partial charge on any atom is 0.194 e. The van der Waals surface area contributed by atoms with E-state index in [-0.39, 0.29) is 5.56 Å². The summed E-state index contributed by atoms with van der Waals surface area (Å²) in [5.74, 6) is -3.85. The van der Waals surface area contributed by atoms with Gasteiger partial charge in [-0.3, -0.25) is 0 Å². The van der Waals surface area contributed by atoms with E-state index in [9.17, 15) is 13.2 Å². The Morgan fingerprint density at radius 2 is 1.76 bits per heavy atom. The Morgan fingerprint density at radius 3 is 2.43 bits per heavy atom. The summed E-state index contributed by atoms with van der Waals surface area (Å²) in [6, 6.07) is 3.32. The Balaban J connectivity index is 2.59. The molecule has 1 aromatic heterocycles. The molecule has 0 saturated carbocycles. The molecule has 0 aliphatic rings. The highest BCUT2D eigenvalue weighted by atomic mass is 19.2. The molecule has 0 aliphatic heterocycles. The lowest BCUT2D eigenvalue weighted by molar-refractivity contribution is 0.433. The van der Waals surface area contributed by atoms with Gasteiger partial charge in [0.25, 0.3) is 0 Å². The molecule has 0 aliphatic carbocycles. The Hall–Kier alpha value is -1.95. The molecule has 2 aromatic rings. The first kappa shape index (κ1) is 15.4. The zero-order valence-electron chi connectivity index (χ0n) is 12.0. The highest BCUT2D eigenvalue weighted by Gasteiger charge is 2.23. The molecule has 1 N–H and O–H groups in total. The molecule has 0 fully saturated rings. The van der Waals surface area contributed by atoms with E-state index in [0.717, 1.165) is 6.07 Å². The highest BCUT2D eigenvalue weighted by Crippen LogP contribution is 2.28. The van der Waals surface area contributed by atoms with Crippen molar-refractivity contribution in [1.29, 1.82) is 0 Å². The van der Waals surface area contributed by atoms with Crippen LogP contribution in [0.15, 0.2) is 18.2 Å². The molecule has 0 amide bonds. The lowest BCUT2D eigenvalue weighted by atomic mass is 9.96. The first-order valence-corrected chi connectivity index (χ1v) is 6.63. The van der Waals surface area contributed by atoms with Crippen LogP contribution in [0.1, 0.15) is 35.5 Å². The van der Waals surface area contributed by atoms with Gasteiger partial charge < -0.3 is 5.32 Å². The van der Waals surface area contributed by atoms with Gasteiger partial charge in [-0.1, -0.05) is 13.0 Å². The van der Waals surface area contributed by atoms with Gasteiger partial charge in [0.15, 0.2) is 17.5 Å². The summed E-state index contributed by atoms with van der Waals surface area (Å²) < 4.78 is 40.6. The molecule has 0 saturated heterocycles. The standard InChI is InChI=1S/C15H16F3N3/c1-4-19-15(11-7-8(2)20-21-9(11)3)10-5-6-12(16)14(18)13(10)17/h5-7,15,19H,4H2,1-3H3. The summed E-state index contributed by atoms with van der Waals surface area (Å²) in [5, 5.41) is 11.0. The van der Waals surface area contributed by atoms with E-state index in [1.807, 2.05) is 6.92 Å². The number of nitrogens with one attached hydrogen (secondary N) is 1. The molecule has 1 atom stereocenters. The van der Waals surface area contributed by atoms with Crippen LogP contribution in [-0.4, -0.2) is 16.7 Å². The first-order chi connectivity index (χ1) is 9.95. The van der Waals surface area contributed by atoms with Gasteiger partial charge >= 0.3 is 0 Å². The lowest BCUT2D eigenvalue weighted by Gasteiger charge is -2.21. The second kappa shape index (κ2) is 6.22. The van der Waals surface area contributed by atoms with Gasteiger partial charge in [-0.25, -0.2) is 13.2 Å². The fourth-order valence-electron chi connectivity index (χ4n) is 2.22. The summed E-state index contributed by atoms with van der Waals surface area (Å²) in [7, 11) is 0. The summed E-state index contributed by atoms with van der Waals surface area (Å²) in [4.78, 5) is 0. The van der Waals surface area contributed by atoms with Crippen LogP contribution >= 0.6 is 0 Å². The van der Waals surface area contributed by atoms with E-state index >= 15 is 0 Å². The van der Waals surface area contributed by atoms with Crippen molar-refractivity contribution in [3.8, 4) is 0 Å². The smallest absolute Gasteiger partial charge is 0.194 e. The van der Waals surface area contributed by atoms with Gasteiger partial charge in [0.2, 0.25) is 0 Å². The zero-order chi connectivity index (χ0) is 15.6. The minimum Gasteiger partial charge on any atom is -0.306 e. The Morgan fingerprint density at radius 1 is 1.05 bits per heavy atom. The first-order valence-electron chi connectivity index (χ1n) is 6.63. The molecule has 1 heterocycles. The third-order valence-corrected chi connectivity index (χ3v) is 3.24. The number of hydrogen-bond donors (Lipinski definition) is 1.